The molecule has 0 spiro atoms. The standard InChI is InChI=1S/CH3NO3S/c2-6(4,5)1-3/h1H,(H2,2,4,5). The van der Waals surface area contributed by atoms with Crippen LogP contribution in [0.1, 0.15) is 0 Å². The number of sulfonamides is 1. The summed E-state index contributed by atoms with van der Waals surface area (Å²) in [7, 11) is -3.84. The molecule has 0 heterocycles. The molecule has 5 heteroatoms. The summed E-state index contributed by atoms with van der Waals surface area (Å²) in [6, 6.07) is 0. The van der Waals surface area contributed by atoms with E-state index in [0.29, 0.717) is 0 Å². The van der Waals surface area contributed by atoms with Gasteiger partial charge >= 0.3 is 0 Å². The lowest BCUT2D eigenvalue weighted by Gasteiger charge is -1.70. The van der Waals surface area contributed by atoms with Gasteiger partial charge in [0, 0.05) is 0 Å². The van der Waals surface area contributed by atoms with Gasteiger partial charge in [-0.3, -0.25) is 4.79 Å². The second kappa shape index (κ2) is 1.36. The van der Waals surface area contributed by atoms with E-state index in [2.05, 4.69) is 5.14 Å². The minimum atomic E-state index is -3.84. The number of carbonyl (C=O) groups excluding carboxylic acids is 1. The monoisotopic (exact) mass is 109 g/mol. The number of rotatable bonds is 1. The molecule has 0 radical (unpaired) electrons. The van der Waals surface area contributed by atoms with Gasteiger partial charge in [0.05, 0.1) is 0 Å². The number of hydrogen-bond donors (Lipinski definition) is 1. The predicted octanol–water partition coefficient (Wildman–Crippen LogP) is -1.53. The Bertz CT molecular complexity index is 121. The molecular formula is CH3NO3S. The fourth-order valence-corrected chi connectivity index (χ4v) is 0. The zero-order valence-electron chi connectivity index (χ0n) is 2.79. The molecule has 0 bridgehead atoms. The average molecular weight is 109 g/mol. The molecule has 0 aromatic carbocycles. The lowest BCUT2D eigenvalue weighted by molar-refractivity contribution is 0.556. The topological polar surface area (TPSA) is 77.2 Å². The van der Waals surface area contributed by atoms with Crippen LogP contribution in [-0.2, 0) is 14.8 Å². The summed E-state index contributed by atoms with van der Waals surface area (Å²) in [5.41, 5.74) is -0.312. The maximum Gasteiger partial charge on any atom is 0.268 e. The molecule has 0 aromatic rings. The minimum Gasteiger partial charge on any atom is -0.284 e. The van der Waals surface area contributed by atoms with Crippen LogP contribution in [0.25, 0.3) is 0 Å². The zero-order valence-corrected chi connectivity index (χ0v) is 3.60. The van der Waals surface area contributed by atoms with Gasteiger partial charge in [0.2, 0.25) is 5.62 Å². The summed E-state index contributed by atoms with van der Waals surface area (Å²) in [4.78, 5) is 9.11. The van der Waals surface area contributed by atoms with Crippen LogP contribution >= 0.6 is 0 Å². The Hall–Kier alpha value is -0.420. The highest BCUT2D eigenvalue weighted by atomic mass is 32.2. The van der Waals surface area contributed by atoms with Crippen LogP contribution < -0.4 is 5.14 Å². The summed E-state index contributed by atoms with van der Waals surface area (Å²) in [6.07, 6.45) is 0. The van der Waals surface area contributed by atoms with Gasteiger partial charge in [0.1, 0.15) is 0 Å². The molecule has 2 N–H and O–H groups in total. The summed E-state index contributed by atoms with van der Waals surface area (Å²) < 4.78 is 18.8. The Morgan fingerprint density at radius 2 is 1.67 bits per heavy atom. The van der Waals surface area contributed by atoms with Gasteiger partial charge in [-0.05, 0) is 0 Å². The van der Waals surface area contributed by atoms with Crippen LogP contribution in [0.4, 0.5) is 0 Å². The summed E-state index contributed by atoms with van der Waals surface area (Å²) in [5, 5.41) is 4.14. The maximum atomic E-state index is 9.41. The normalized spacial score (nSPS) is 10.8. The molecule has 36 valence electrons. The lowest BCUT2D eigenvalue weighted by atomic mass is 11.8. The van der Waals surface area contributed by atoms with Gasteiger partial charge in [-0.2, -0.15) is 0 Å². The Labute approximate surface area is 35.0 Å². The first kappa shape index (κ1) is 5.58. The largest absolute Gasteiger partial charge is 0.284 e. The number of primary sulfonamides is 1. The van der Waals surface area contributed by atoms with E-state index in [-0.39, 0.29) is 5.62 Å². The van der Waals surface area contributed by atoms with Gasteiger partial charge in [-0.25, -0.2) is 13.6 Å². The van der Waals surface area contributed by atoms with Crippen molar-refractivity contribution in [2.75, 3.05) is 0 Å². The van der Waals surface area contributed by atoms with E-state index in [1.807, 2.05) is 0 Å². The Balaban J connectivity index is 4.25. The van der Waals surface area contributed by atoms with Crippen molar-refractivity contribution in [3.05, 3.63) is 0 Å². The molecule has 0 aromatic heterocycles. The highest BCUT2D eigenvalue weighted by molar-refractivity contribution is 8.02. The van der Waals surface area contributed by atoms with Crippen molar-refractivity contribution >= 4 is 15.6 Å². The molecule has 0 unspecified atom stereocenters. The maximum absolute atomic E-state index is 9.41. The Kier molecular flexibility index (Phi) is 1.26. The van der Waals surface area contributed by atoms with E-state index in [4.69, 9.17) is 4.79 Å². The van der Waals surface area contributed by atoms with E-state index < -0.39 is 10.0 Å². The fraction of sp³-hybridized carbons (Fsp3) is 0. The van der Waals surface area contributed by atoms with Crippen molar-refractivity contribution < 1.29 is 13.2 Å². The van der Waals surface area contributed by atoms with Crippen LogP contribution in [0.15, 0.2) is 0 Å². The molecular weight excluding hydrogens is 106 g/mol. The van der Waals surface area contributed by atoms with Crippen LogP contribution in [-0.4, -0.2) is 14.0 Å². The van der Waals surface area contributed by atoms with Crippen molar-refractivity contribution in [2.45, 2.75) is 0 Å². The lowest BCUT2D eigenvalue weighted by Crippen LogP contribution is -2.11. The second-order valence-corrected chi connectivity index (χ2v) is 2.06. The first-order chi connectivity index (χ1) is 2.56. The molecule has 0 amide bonds. The molecule has 0 saturated carbocycles. The van der Waals surface area contributed by atoms with Crippen LogP contribution in [0.2, 0.25) is 0 Å². The van der Waals surface area contributed by atoms with Gasteiger partial charge in [0.25, 0.3) is 10.0 Å². The number of carbonyl (C=O) groups is 1. The fourth-order valence-electron chi connectivity index (χ4n) is 0. The highest BCUT2D eigenvalue weighted by Crippen LogP contribution is 1.56. The third kappa shape index (κ3) is 3.58. The highest BCUT2D eigenvalue weighted by Gasteiger charge is 1.91. The molecule has 0 saturated heterocycles. The first-order valence-corrected chi connectivity index (χ1v) is 2.65. The smallest absolute Gasteiger partial charge is 0.268 e. The quantitative estimate of drug-likeness (QED) is 0.415. The van der Waals surface area contributed by atoms with Crippen molar-refractivity contribution in [2.24, 2.45) is 5.14 Å². The molecule has 0 aliphatic heterocycles. The molecule has 6 heavy (non-hydrogen) atoms. The number of hydrogen-bond acceptors (Lipinski definition) is 3. The summed E-state index contributed by atoms with van der Waals surface area (Å²) in [6.45, 7) is 0. The van der Waals surface area contributed by atoms with Gasteiger partial charge < -0.3 is 0 Å². The predicted molar refractivity (Wildman–Crippen MR) is 19.9 cm³/mol. The molecule has 0 atom stereocenters. The first-order valence-electron chi connectivity index (χ1n) is 1.04. The van der Waals surface area contributed by atoms with Crippen LogP contribution in [0, 0.1) is 0 Å². The van der Waals surface area contributed by atoms with Gasteiger partial charge in [0.15, 0.2) is 0 Å². The third-order valence-electron chi connectivity index (χ3n) is 0.134. The van der Waals surface area contributed by atoms with Crippen molar-refractivity contribution in [1.29, 1.82) is 0 Å². The van der Waals surface area contributed by atoms with E-state index >= 15 is 0 Å². The van der Waals surface area contributed by atoms with E-state index in [1.54, 1.807) is 0 Å². The summed E-state index contributed by atoms with van der Waals surface area (Å²) in [5.74, 6) is 0. The molecule has 0 fully saturated rings. The molecule has 0 rings (SSSR count). The molecule has 4 nitrogen and oxygen atoms in total. The van der Waals surface area contributed by atoms with Crippen LogP contribution in [0.3, 0.4) is 0 Å². The molecule has 0 aliphatic carbocycles. The van der Waals surface area contributed by atoms with Crippen molar-refractivity contribution in [3.63, 3.8) is 0 Å². The average Bonchev–Trinajstić information content (AvgIpc) is 1.35. The third-order valence-corrected chi connectivity index (χ3v) is 0.402. The van der Waals surface area contributed by atoms with E-state index in [1.165, 1.54) is 0 Å². The van der Waals surface area contributed by atoms with E-state index in [9.17, 15) is 8.42 Å². The Morgan fingerprint density at radius 1 is 1.50 bits per heavy atom. The number of nitrogens with two attached hydrogens (primary N) is 1. The van der Waals surface area contributed by atoms with Gasteiger partial charge in [-0.15, -0.1) is 0 Å². The Morgan fingerprint density at radius 3 is 1.67 bits per heavy atom. The molecule has 0 aliphatic rings. The minimum absolute atomic E-state index is 0.312. The van der Waals surface area contributed by atoms with Gasteiger partial charge in [-0.1, -0.05) is 0 Å². The second-order valence-electron chi connectivity index (χ2n) is 0.685. The van der Waals surface area contributed by atoms with Crippen LogP contribution in [0.5, 0.6) is 0 Å². The SMILES string of the molecule is NS(=O)(=O)C=O. The summed E-state index contributed by atoms with van der Waals surface area (Å²) >= 11 is 0. The van der Waals surface area contributed by atoms with Crippen molar-refractivity contribution in [3.8, 4) is 0 Å². The van der Waals surface area contributed by atoms with E-state index in [0.717, 1.165) is 0 Å². The zero-order chi connectivity index (χ0) is 5.21. The van der Waals surface area contributed by atoms with Crippen molar-refractivity contribution in [1.82, 2.24) is 0 Å².